The molecule has 0 spiro atoms. The van der Waals surface area contributed by atoms with E-state index in [1.165, 1.54) is 0 Å². The highest BCUT2D eigenvalue weighted by molar-refractivity contribution is 6.42. The van der Waals surface area contributed by atoms with Crippen LogP contribution in [0.2, 0.25) is 10.0 Å². The zero-order chi connectivity index (χ0) is 15.5. The van der Waals surface area contributed by atoms with E-state index in [0.717, 1.165) is 31.2 Å². The summed E-state index contributed by atoms with van der Waals surface area (Å²) < 4.78 is 1.73. The van der Waals surface area contributed by atoms with Crippen LogP contribution in [0.15, 0.2) is 30.5 Å². The molecule has 0 radical (unpaired) electrons. The molecular weight excluding hydrogens is 321 g/mol. The first-order chi connectivity index (χ1) is 10.6. The molecule has 1 aliphatic carbocycles. The summed E-state index contributed by atoms with van der Waals surface area (Å²) in [4.78, 5) is 12.2. The monoisotopic (exact) mass is 337 g/mol. The van der Waals surface area contributed by atoms with Crippen molar-refractivity contribution in [3.8, 4) is 0 Å². The largest absolute Gasteiger partial charge is 0.311 e. The van der Waals surface area contributed by atoms with Crippen molar-refractivity contribution in [2.45, 2.75) is 32.2 Å². The van der Waals surface area contributed by atoms with Crippen LogP contribution in [0.5, 0.6) is 0 Å². The minimum atomic E-state index is 0.0800. The molecule has 1 aromatic carbocycles. The third-order valence-electron chi connectivity index (χ3n) is 4.05. The summed E-state index contributed by atoms with van der Waals surface area (Å²) in [5.74, 6) is 0.891. The molecule has 0 saturated heterocycles. The highest BCUT2D eigenvalue weighted by Crippen LogP contribution is 2.28. The molecular formula is C16H17Cl2N3O. The Labute approximate surface area is 139 Å². The van der Waals surface area contributed by atoms with E-state index in [-0.39, 0.29) is 11.8 Å². The SMILES string of the molecule is O=C(Nc1ccnn1Cc1cccc(Cl)c1Cl)C1CCCC1. The van der Waals surface area contributed by atoms with E-state index >= 15 is 0 Å². The summed E-state index contributed by atoms with van der Waals surface area (Å²) >= 11 is 12.2. The Bertz CT molecular complexity index is 678. The Kier molecular flexibility index (Phi) is 4.69. The lowest BCUT2D eigenvalue weighted by Gasteiger charge is -2.13. The number of anilines is 1. The van der Waals surface area contributed by atoms with Crippen LogP contribution in [0.1, 0.15) is 31.2 Å². The highest BCUT2D eigenvalue weighted by Gasteiger charge is 2.23. The number of halogens is 2. The maximum atomic E-state index is 12.2. The van der Waals surface area contributed by atoms with Crippen LogP contribution in [-0.4, -0.2) is 15.7 Å². The van der Waals surface area contributed by atoms with Crippen molar-refractivity contribution in [2.24, 2.45) is 5.92 Å². The molecule has 0 unspecified atom stereocenters. The van der Waals surface area contributed by atoms with Gasteiger partial charge in [0.1, 0.15) is 5.82 Å². The number of aromatic nitrogens is 2. The van der Waals surface area contributed by atoms with Crippen molar-refractivity contribution >= 4 is 34.9 Å². The van der Waals surface area contributed by atoms with Crippen LogP contribution in [0.25, 0.3) is 0 Å². The molecule has 1 saturated carbocycles. The van der Waals surface area contributed by atoms with E-state index in [2.05, 4.69) is 10.4 Å². The van der Waals surface area contributed by atoms with E-state index in [1.807, 2.05) is 12.1 Å². The second-order valence-corrected chi connectivity index (χ2v) is 6.34. The smallest absolute Gasteiger partial charge is 0.228 e. The molecule has 0 bridgehead atoms. The average Bonchev–Trinajstić information content (AvgIpc) is 3.16. The molecule has 1 fully saturated rings. The summed E-state index contributed by atoms with van der Waals surface area (Å²) in [6.45, 7) is 0.465. The topological polar surface area (TPSA) is 46.9 Å². The number of nitrogens with zero attached hydrogens (tertiary/aromatic N) is 2. The van der Waals surface area contributed by atoms with Gasteiger partial charge in [0.15, 0.2) is 0 Å². The normalized spacial score (nSPS) is 15.2. The second kappa shape index (κ2) is 6.71. The maximum Gasteiger partial charge on any atom is 0.228 e. The number of rotatable bonds is 4. The summed E-state index contributed by atoms with van der Waals surface area (Å²) in [6, 6.07) is 7.30. The van der Waals surface area contributed by atoms with Gasteiger partial charge < -0.3 is 5.32 Å². The summed E-state index contributed by atoms with van der Waals surface area (Å²) in [7, 11) is 0. The van der Waals surface area contributed by atoms with Gasteiger partial charge in [0.05, 0.1) is 22.8 Å². The van der Waals surface area contributed by atoms with Crippen LogP contribution in [0.3, 0.4) is 0 Å². The van der Waals surface area contributed by atoms with Crippen LogP contribution in [-0.2, 0) is 11.3 Å². The summed E-state index contributed by atoms with van der Waals surface area (Å²) in [6.07, 6.45) is 5.88. The fourth-order valence-electron chi connectivity index (χ4n) is 2.81. The molecule has 1 aliphatic rings. The van der Waals surface area contributed by atoms with E-state index in [0.29, 0.717) is 22.4 Å². The van der Waals surface area contributed by atoms with Gasteiger partial charge in [-0.3, -0.25) is 4.79 Å². The summed E-state index contributed by atoms with van der Waals surface area (Å²) in [5.41, 5.74) is 0.870. The Morgan fingerprint density at radius 1 is 1.27 bits per heavy atom. The highest BCUT2D eigenvalue weighted by atomic mass is 35.5. The minimum Gasteiger partial charge on any atom is -0.311 e. The minimum absolute atomic E-state index is 0.0800. The molecule has 4 nitrogen and oxygen atoms in total. The molecule has 116 valence electrons. The maximum absolute atomic E-state index is 12.2. The lowest BCUT2D eigenvalue weighted by atomic mass is 10.1. The van der Waals surface area contributed by atoms with Gasteiger partial charge in [-0.25, -0.2) is 4.68 Å². The van der Waals surface area contributed by atoms with Crippen LogP contribution in [0.4, 0.5) is 5.82 Å². The van der Waals surface area contributed by atoms with Gasteiger partial charge >= 0.3 is 0 Å². The Hall–Kier alpha value is -1.52. The van der Waals surface area contributed by atoms with Crippen LogP contribution < -0.4 is 5.32 Å². The number of benzene rings is 1. The third-order valence-corrected chi connectivity index (χ3v) is 4.90. The number of carbonyl (C=O) groups is 1. The van der Waals surface area contributed by atoms with Gasteiger partial charge in [-0.15, -0.1) is 0 Å². The zero-order valence-electron chi connectivity index (χ0n) is 12.1. The standard InChI is InChI=1S/C16H17Cl2N3O/c17-13-7-3-6-12(15(13)18)10-21-14(8-9-19-21)20-16(22)11-4-1-2-5-11/h3,6-9,11H,1-2,4-5,10H2,(H,20,22). The molecule has 0 aliphatic heterocycles. The number of carbonyl (C=O) groups excluding carboxylic acids is 1. The van der Waals surface area contributed by atoms with Gasteiger partial charge in [0.2, 0.25) is 5.91 Å². The molecule has 2 aromatic rings. The van der Waals surface area contributed by atoms with Crippen LogP contribution >= 0.6 is 23.2 Å². The first-order valence-electron chi connectivity index (χ1n) is 7.40. The van der Waals surface area contributed by atoms with Crippen LogP contribution in [0, 0.1) is 5.92 Å². The molecule has 0 atom stereocenters. The Morgan fingerprint density at radius 2 is 2.05 bits per heavy atom. The number of hydrogen-bond acceptors (Lipinski definition) is 2. The molecule has 6 heteroatoms. The zero-order valence-corrected chi connectivity index (χ0v) is 13.6. The van der Waals surface area contributed by atoms with Crippen molar-refractivity contribution in [2.75, 3.05) is 5.32 Å². The lowest BCUT2D eigenvalue weighted by molar-refractivity contribution is -0.119. The Morgan fingerprint density at radius 3 is 2.82 bits per heavy atom. The predicted molar refractivity (Wildman–Crippen MR) is 88.4 cm³/mol. The summed E-state index contributed by atoms with van der Waals surface area (Å²) in [5, 5.41) is 8.27. The van der Waals surface area contributed by atoms with Crippen molar-refractivity contribution in [1.29, 1.82) is 0 Å². The molecule has 22 heavy (non-hydrogen) atoms. The van der Waals surface area contributed by atoms with E-state index < -0.39 is 0 Å². The van der Waals surface area contributed by atoms with E-state index in [4.69, 9.17) is 23.2 Å². The van der Waals surface area contributed by atoms with Gasteiger partial charge in [-0.05, 0) is 24.5 Å². The van der Waals surface area contributed by atoms with E-state index in [1.54, 1.807) is 23.0 Å². The van der Waals surface area contributed by atoms with Crippen molar-refractivity contribution in [3.63, 3.8) is 0 Å². The molecule has 3 rings (SSSR count). The lowest BCUT2D eigenvalue weighted by Crippen LogP contribution is -2.22. The fourth-order valence-corrected chi connectivity index (χ4v) is 3.19. The van der Waals surface area contributed by atoms with Crippen molar-refractivity contribution in [1.82, 2.24) is 9.78 Å². The van der Waals surface area contributed by atoms with Crippen molar-refractivity contribution in [3.05, 3.63) is 46.1 Å². The predicted octanol–water partition coefficient (Wildman–Crippen LogP) is 4.37. The first-order valence-corrected chi connectivity index (χ1v) is 8.16. The second-order valence-electron chi connectivity index (χ2n) is 5.56. The molecule has 1 N–H and O–H groups in total. The number of nitrogens with one attached hydrogen (secondary N) is 1. The van der Waals surface area contributed by atoms with Gasteiger partial charge in [0.25, 0.3) is 0 Å². The molecule has 1 heterocycles. The quantitative estimate of drug-likeness (QED) is 0.900. The fraction of sp³-hybridized carbons (Fsp3) is 0.375. The van der Waals surface area contributed by atoms with Crippen molar-refractivity contribution < 1.29 is 4.79 Å². The Balaban J connectivity index is 1.74. The molecule has 1 aromatic heterocycles. The number of amides is 1. The van der Waals surface area contributed by atoms with Gasteiger partial charge in [-0.2, -0.15) is 5.10 Å². The van der Waals surface area contributed by atoms with E-state index in [9.17, 15) is 4.79 Å². The molecule has 1 amide bonds. The van der Waals surface area contributed by atoms with Gasteiger partial charge in [0, 0.05) is 12.0 Å². The number of hydrogen-bond donors (Lipinski definition) is 1. The van der Waals surface area contributed by atoms with Gasteiger partial charge in [-0.1, -0.05) is 48.2 Å². The third kappa shape index (κ3) is 3.28. The average molecular weight is 338 g/mol. The first kappa shape index (κ1) is 15.4.